The monoisotopic (exact) mass is 438 g/mol. The number of amidine groups is 2. The minimum atomic E-state index is -0.448. The number of anilines is 1. The largest absolute Gasteiger partial charge is 0.325 e. The van der Waals surface area contributed by atoms with Crippen LogP contribution in [0.1, 0.15) is 31.4 Å². The van der Waals surface area contributed by atoms with Gasteiger partial charge in [-0.3, -0.25) is 14.6 Å². The summed E-state index contributed by atoms with van der Waals surface area (Å²) in [6, 6.07) is 11.6. The van der Waals surface area contributed by atoms with E-state index in [0.29, 0.717) is 34.6 Å². The average molecular weight is 439 g/mol. The molecule has 31 heavy (non-hydrogen) atoms. The minimum Gasteiger partial charge on any atom is -0.325 e. The first kappa shape index (κ1) is 21.2. The van der Waals surface area contributed by atoms with Gasteiger partial charge in [0.05, 0.1) is 11.4 Å². The zero-order valence-electron chi connectivity index (χ0n) is 17.6. The van der Waals surface area contributed by atoms with Gasteiger partial charge in [0.2, 0.25) is 5.91 Å². The fourth-order valence-corrected chi connectivity index (χ4v) is 4.30. The highest BCUT2D eigenvalue weighted by atomic mass is 32.2. The number of rotatable bonds is 5. The van der Waals surface area contributed by atoms with Gasteiger partial charge >= 0.3 is 0 Å². The van der Waals surface area contributed by atoms with Crippen LogP contribution in [0.3, 0.4) is 0 Å². The quantitative estimate of drug-likeness (QED) is 0.746. The Kier molecular flexibility index (Phi) is 5.91. The normalized spacial score (nSPS) is 17.3. The third-order valence-corrected chi connectivity index (χ3v) is 5.97. The third kappa shape index (κ3) is 4.39. The molecule has 0 saturated carbocycles. The molecule has 1 N–H and O–H groups in total. The Morgan fingerprint density at radius 2 is 2.03 bits per heavy atom. The number of aryl methyl sites for hydroxylation is 1. The Morgan fingerprint density at radius 3 is 2.77 bits per heavy atom. The number of benzene rings is 2. The molecule has 2 aromatic rings. The number of amides is 2. The molecular weight excluding hydrogens is 415 g/mol. The number of para-hydroxylation sites is 1. The van der Waals surface area contributed by atoms with Gasteiger partial charge in [0.1, 0.15) is 17.7 Å². The maximum Gasteiger partial charge on any atom is 0.259 e. The van der Waals surface area contributed by atoms with Crippen molar-refractivity contribution in [3.8, 4) is 0 Å². The van der Waals surface area contributed by atoms with E-state index in [1.807, 2.05) is 24.3 Å². The van der Waals surface area contributed by atoms with Crippen LogP contribution >= 0.6 is 11.8 Å². The van der Waals surface area contributed by atoms with Crippen LogP contribution in [0.4, 0.5) is 15.8 Å². The Balaban J connectivity index is 1.53. The molecule has 2 heterocycles. The van der Waals surface area contributed by atoms with E-state index in [1.54, 1.807) is 19.1 Å². The predicted molar refractivity (Wildman–Crippen MR) is 122 cm³/mol. The summed E-state index contributed by atoms with van der Waals surface area (Å²) >= 11 is 1.17. The molecule has 0 saturated heterocycles. The second-order valence-corrected chi connectivity index (χ2v) is 8.93. The van der Waals surface area contributed by atoms with Crippen LogP contribution in [-0.2, 0) is 9.59 Å². The van der Waals surface area contributed by atoms with Crippen molar-refractivity contribution in [1.29, 1.82) is 0 Å². The summed E-state index contributed by atoms with van der Waals surface area (Å²) in [7, 11) is 0. The van der Waals surface area contributed by atoms with Gasteiger partial charge in [0.15, 0.2) is 5.17 Å². The lowest BCUT2D eigenvalue weighted by molar-refractivity contribution is -0.125. The Morgan fingerprint density at radius 1 is 1.26 bits per heavy atom. The maximum atomic E-state index is 13.7. The number of carbonyl (C=O) groups excluding carboxylic acids is 2. The van der Waals surface area contributed by atoms with Crippen molar-refractivity contribution in [2.45, 2.75) is 33.2 Å². The van der Waals surface area contributed by atoms with Crippen molar-refractivity contribution in [2.24, 2.45) is 15.9 Å². The number of fused-ring (bicyclic) bond motifs is 3. The van der Waals surface area contributed by atoms with Crippen molar-refractivity contribution in [3.63, 3.8) is 0 Å². The lowest BCUT2D eigenvalue weighted by Crippen LogP contribution is -2.41. The molecule has 0 aromatic heterocycles. The number of carbonyl (C=O) groups is 2. The van der Waals surface area contributed by atoms with Gasteiger partial charge in [0, 0.05) is 11.3 Å². The lowest BCUT2D eigenvalue weighted by Gasteiger charge is -2.25. The van der Waals surface area contributed by atoms with Crippen molar-refractivity contribution in [1.82, 2.24) is 4.90 Å². The summed E-state index contributed by atoms with van der Waals surface area (Å²) in [4.78, 5) is 36.4. The van der Waals surface area contributed by atoms with Gasteiger partial charge in [-0.05, 0) is 49.1 Å². The second kappa shape index (κ2) is 8.63. The molecule has 0 unspecified atom stereocenters. The highest BCUT2D eigenvalue weighted by Gasteiger charge is 2.41. The van der Waals surface area contributed by atoms with Gasteiger partial charge < -0.3 is 5.32 Å². The van der Waals surface area contributed by atoms with Gasteiger partial charge in [-0.25, -0.2) is 14.3 Å². The molecule has 0 bridgehead atoms. The molecule has 2 amide bonds. The molecule has 2 aliphatic heterocycles. The van der Waals surface area contributed by atoms with Crippen LogP contribution in [0.5, 0.6) is 0 Å². The fraction of sp³-hybridized carbons (Fsp3) is 0.304. The van der Waals surface area contributed by atoms with Crippen molar-refractivity contribution in [2.75, 3.05) is 11.1 Å². The van der Waals surface area contributed by atoms with Gasteiger partial charge in [-0.15, -0.1) is 0 Å². The smallest absolute Gasteiger partial charge is 0.259 e. The van der Waals surface area contributed by atoms with Gasteiger partial charge in [-0.1, -0.05) is 43.8 Å². The van der Waals surface area contributed by atoms with Crippen LogP contribution in [-0.4, -0.2) is 39.5 Å². The minimum absolute atomic E-state index is 0.0302. The molecule has 160 valence electrons. The van der Waals surface area contributed by atoms with Crippen LogP contribution in [0.25, 0.3) is 0 Å². The summed E-state index contributed by atoms with van der Waals surface area (Å²) in [6.07, 6.45) is 0.651. The van der Waals surface area contributed by atoms with Crippen molar-refractivity contribution >= 4 is 46.0 Å². The average Bonchev–Trinajstić information content (AvgIpc) is 3.05. The SMILES string of the molecule is Cc1ccc(NC(=O)CSC2=Nc3ccccc3C3=N[C@H](CC(C)C)C(=O)N23)cc1F. The molecule has 0 spiro atoms. The standard InChI is InChI=1S/C23H23FN4O2S/c1-13(2)10-19-22(30)28-21(26-19)16-6-4-5-7-18(16)27-23(28)31-12-20(29)25-15-9-8-14(3)17(24)11-15/h4-9,11,13,19H,10,12H2,1-3H3,(H,25,29)/t19-/m1/s1. The molecule has 4 rings (SSSR count). The Bertz CT molecular complexity index is 1110. The van der Waals surface area contributed by atoms with Gasteiger partial charge in [-0.2, -0.15) is 0 Å². The number of halogens is 1. The van der Waals surface area contributed by atoms with Crippen LogP contribution in [0.15, 0.2) is 52.4 Å². The van der Waals surface area contributed by atoms with E-state index in [4.69, 9.17) is 4.99 Å². The number of thioether (sulfide) groups is 1. The molecule has 2 aliphatic rings. The topological polar surface area (TPSA) is 74.1 Å². The number of nitrogens with zero attached hydrogens (tertiary/aromatic N) is 3. The van der Waals surface area contributed by atoms with E-state index in [2.05, 4.69) is 24.2 Å². The summed E-state index contributed by atoms with van der Waals surface area (Å²) in [5, 5.41) is 3.12. The first-order valence-corrected chi connectivity index (χ1v) is 11.1. The molecule has 0 radical (unpaired) electrons. The molecule has 0 fully saturated rings. The van der Waals surface area contributed by atoms with Crippen molar-refractivity contribution in [3.05, 3.63) is 59.4 Å². The molecule has 6 nitrogen and oxygen atoms in total. The second-order valence-electron chi connectivity index (χ2n) is 7.98. The number of nitrogens with one attached hydrogen (secondary N) is 1. The Hall–Kier alpha value is -3.00. The number of hydrogen-bond acceptors (Lipinski definition) is 5. The van der Waals surface area contributed by atoms with Crippen LogP contribution in [0, 0.1) is 18.7 Å². The van der Waals surface area contributed by atoms with E-state index in [9.17, 15) is 14.0 Å². The summed E-state index contributed by atoms with van der Waals surface area (Å²) < 4.78 is 13.7. The third-order valence-electron chi connectivity index (χ3n) is 5.03. The van der Waals surface area contributed by atoms with E-state index in [0.717, 1.165) is 11.3 Å². The number of hydrogen-bond donors (Lipinski definition) is 1. The van der Waals surface area contributed by atoms with E-state index in [-0.39, 0.29) is 23.4 Å². The fourth-order valence-electron chi connectivity index (χ4n) is 3.50. The number of aliphatic imine (C=N–C) groups is 2. The van der Waals surface area contributed by atoms with Crippen molar-refractivity contribution < 1.29 is 14.0 Å². The molecule has 1 atom stereocenters. The highest BCUT2D eigenvalue weighted by Crippen LogP contribution is 2.34. The Labute approximate surface area is 184 Å². The predicted octanol–water partition coefficient (Wildman–Crippen LogP) is 4.51. The van der Waals surface area contributed by atoms with Gasteiger partial charge in [0.25, 0.3) is 5.91 Å². The molecular formula is C23H23FN4O2S. The first-order valence-electron chi connectivity index (χ1n) is 10.1. The zero-order valence-corrected chi connectivity index (χ0v) is 18.4. The summed E-state index contributed by atoms with van der Waals surface area (Å²) in [5.41, 5.74) is 2.43. The lowest BCUT2D eigenvalue weighted by atomic mass is 10.0. The summed E-state index contributed by atoms with van der Waals surface area (Å²) in [6.45, 7) is 5.77. The zero-order chi connectivity index (χ0) is 22.1. The highest BCUT2D eigenvalue weighted by molar-refractivity contribution is 8.14. The first-order chi connectivity index (χ1) is 14.8. The van der Waals surface area contributed by atoms with Crippen LogP contribution in [0.2, 0.25) is 0 Å². The van der Waals surface area contributed by atoms with E-state index >= 15 is 0 Å². The summed E-state index contributed by atoms with van der Waals surface area (Å²) in [5.74, 6) is 0.138. The molecule has 0 aliphatic carbocycles. The van der Waals surface area contributed by atoms with E-state index < -0.39 is 6.04 Å². The maximum absolute atomic E-state index is 13.7. The van der Waals surface area contributed by atoms with Crippen LogP contribution < -0.4 is 5.32 Å². The molecule has 8 heteroatoms. The molecule has 2 aromatic carbocycles. The van der Waals surface area contributed by atoms with E-state index in [1.165, 1.54) is 22.7 Å².